The number of carbonyl (C=O) groups excluding carboxylic acids is 1. The molecule has 128 valence electrons. The maximum Gasteiger partial charge on any atom is 0.320 e. The molecule has 0 unspecified atom stereocenters. The van der Waals surface area contributed by atoms with Crippen molar-refractivity contribution in [2.24, 2.45) is 5.92 Å². The molecule has 2 aromatic rings. The maximum absolute atomic E-state index is 12.2. The first-order valence-corrected chi connectivity index (χ1v) is 8.34. The third-order valence-corrected chi connectivity index (χ3v) is 4.44. The molecule has 1 aliphatic rings. The number of nitrogens with one attached hydrogen (secondary N) is 2. The summed E-state index contributed by atoms with van der Waals surface area (Å²) >= 11 is 0. The van der Waals surface area contributed by atoms with Crippen LogP contribution in [0.1, 0.15) is 31.4 Å². The highest BCUT2D eigenvalue weighted by Crippen LogP contribution is 2.23. The lowest BCUT2D eigenvalue weighted by molar-refractivity contribution is 0.176. The van der Waals surface area contributed by atoms with Crippen molar-refractivity contribution in [3.8, 4) is 0 Å². The van der Waals surface area contributed by atoms with Crippen molar-refractivity contribution in [3.63, 3.8) is 0 Å². The van der Waals surface area contributed by atoms with Gasteiger partial charge in [0, 0.05) is 24.9 Å². The van der Waals surface area contributed by atoms with Crippen LogP contribution in [0.2, 0.25) is 0 Å². The second-order valence-corrected chi connectivity index (χ2v) is 6.19. The third-order valence-electron chi connectivity index (χ3n) is 4.44. The first kappa shape index (κ1) is 16.4. The lowest BCUT2D eigenvalue weighted by Gasteiger charge is -2.27. The second kappa shape index (κ2) is 7.92. The molecule has 24 heavy (non-hydrogen) atoms. The van der Waals surface area contributed by atoms with Gasteiger partial charge in [-0.2, -0.15) is 5.10 Å². The van der Waals surface area contributed by atoms with Gasteiger partial charge in [-0.3, -0.25) is 10.3 Å². The van der Waals surface area contributed by atoms with Crippen LogP contribution < -0.4 is 10.6 Å². The summed E-state index contributed by atoms with van der Waals surface area (Å²) < 4.78 is 1.71. The summed E-state index contributed by atoms with van der Waals surface area (Å²) in [6.45, 7) is 0.747. The van der Waals surface area contributed by atoms with Gasteiger partial charge in [-0.1, -0.05) is 6.07 Å². The van der Waals surface area contributed by atoms with Crippen LogP contribution in [-0.4, -0.2) is 38.6 Å². The number of anilines is 1. The van der Waals surface area contributed by atoms with Crippen molar-refractivity contribution in [3.05, 3.63) is 42.4 Å². The first-order chi connectivity index (χ1) is 11.7. The number of hydrogen-bond donors (Lipinski definition) is 3. The average Bonchev–Trinajstić information content (AvgIpc) is 3.03. The van der Waals surface area contributed by atoms with Gasteiger partial charge in [-0.25, -0.2) is 9.48 Å². The SMILES string of the molecule is O=C(Nc1ccnn1Cc1ccccn1)NC1CCC(CO)CC1. The number of amides is 2. The Hall–Kier alpha value is -2.41. The quantitative estimate of drug-likeness (QED) is 0.782. The van der Waals surface area contributed by atoms with E-state index in [1.54, 1.807) is 23.1 Å². The number of carbonyl (C=O) groups is 1. The molecule has 2 heterocycles. The third kappa shape index (κ3) is 4.32. The van der Waals surface area contributed by atoms with E-state index in [4.69, 9.17) is 5.11 Å². The minimum atomic E-state index is -0.217. The van der Waals surface area contributed by atoms with Crippen LogP contribution in [-0.2, 0) is 6.54 Å². The predicted octanol–water partition coefficient (Wildman–Crippen LogP) is 2.00. The van der Waals surface area contributed by atoms with Crippen LogP contribution in [0, 0.1) is 5.92 Å². The fraction of sp³-hybridized carbons (Fsp3) is 0.471. The largest absolute Gasteiger partial charge is 0.396 e. The van der Waals surface area contributed by atoms with Gasteiger partial charge >= 0.3 is 6.03 Å². The van der Waals surface area contributed by atoms with E-state index < -0.39 is 0 Å². The Morgan fingerprint density at radius 1 is 1.21 bits per heavy atom. The van der Waals surface area contributed by atoms with Gasteiger partial charge < -0.3 is 10.4 Å². The number of nitrogens with zero attached hydrogens (tertiary/aromatic N) is 3. The van der Waals surface area contributed by atoms with E-state index in [2.05, 4.69) is 20.7 Å². The number of rotatable bonds is 5. The lowest BCUT2D eigenvalue weighted by Crippen LogP contribution is -2.40. The Morgan fingerprint density at radius 3 is 2.75 bits per heavy atom. The van der Waals surface area contributed by atoms with E-state index in [0.717, 1.165) is 31.4 Å². The summed E-state index contributed by atoms with van der Waals surface area (Å²) in [6, 6.07) is 7.43. The molecule has 0 bridgehead atoms. The van der Waals surface area contributed by atoms with Crippen molar-refractivity contribution < 1.29 is 9.90 Å². The topological polar surface area (TPSA) is 92.1 Å². The molecule has 1 aliphatic carbocycles. The second-order valence-electron chi connectivity index (χ2n) is 6.19. The van der Waals surface area contributed by atoms with Crippen molar-refractivity contribution >= 4 is 11.8 Å². The smallest absolute Gasteiger partial charge is 0.320 e. The minimum Gasteiger partial charge on any atom is -0.396 e. The Balaban J connectivity index is 1.53. The fourth-order valence-electron chi connectivity index (χ4n) is 3.04. The number of hydrogen-bond acceptors (Lipinski definition) is 4. The van der Waals surface area contributed by atoms with Crippen LogP contribution in [0.15, 0.2) is 36.7 Å². The molecule has 0 aliphatic heterocycles. The summed E-state index contributed by atoms with van der Waals surface area (Å²) in [6.07, 6.45) is 7.13. The first-order valence-electron chi connectivity index (χ1n) is 8.34. The highest BCUT2D eigenvalue weighted by Gasteiger charge is 2.22. The average molecular weight is 329 g/mol. The van der Waals surface area contributed by atoms with Gasteiger partial charge in [0.15, 0.2) is 0 Å². The van der Waals surface area contributed by atoms with E-state index in [-0.39, 0.29) is 18.7 Å². The zero-order valence-electron chi connectivity index (χ0n) is 13.6. The van der Waals surface area contributed by atoms with Crippen molar-refractivity contribution in [2.45, 2.75) is 38.3 Å². The molecule has 2 amide bonds. The molecular formula is C17H23N5O2. The molecule has 7 heteroatoms. The van der Waals surface area contributed by atoms with Gasteiger partial charge in [0.05, 0.1) is 18.4 Å². The Labute approximate surface area is 141 Å². The maximum atomic E-state index is 12.2. The van der Waals surface area contributed by atoms with E-state index >= 15 is 0 Å². The molecule has 1 saturated carbocycles. The molecule has 0 spiro atoms. The predicted molar refractivity (Wildman–Crippen MR) is 90.6 cm³/mol. The van der Waals surface area contributed by atoms with Gasteiger partial charge in [-0.15, -0.1) is 0 Å². The van der Waals surface area contributed by atoms with E-state index in [9.17, 15) is 4.79 Å². The molecule has 0 aromatic carbocycles. The Kier molecular flexibility index (Phi) is 5.43. The molecule has 3 rings (SSSR count). The number of pyridine rings is 1. The molecule has 3 N–H and O–H groups in total. The van der Waals surface area contributed by atoms with Gasteiger partial charge in [0.25, 0.3) is 0 Å². The molecular weight excluding hydrogens is 306 g/mol. The molecule has 1 fully saturated rings. The number of aliphatic hydroxyl groups excluding tert-OH is 1. The van der Waals surface area contributed by atoms with Crippen LogP contribution in [0.5, 0.6) is 0 Å². The zero-order chi connectivity index (χ0) is 16.8. The summed E-state index contributed by atoms with van der Waals surface area (Å²) in [5.74, 6) is 1.02. The van der Waals surface area contributed by atoms with E-state index in [1.807, 2.05) is 18.2 Å². The summed E-state index contributed by atoms with van der Waals surface area (Å²) in [5.41, 5.74) is 0.881. The zero-order valence-corrected chi connectivity index (χ0v) is 13.6. The molecule has 0 atom stereocenters. The standard InChI is InChI=1S/C17H23N5O2/c23-12-13-4-6-14(7-5-13)20-17(24)21-16-8-10-19-22(16)11-15-3-1-2-9-18-15/h1-3,8-10,13-14,23H,4-7,11-12H2,(H2,20,21,24). The highest BCUT2D eigenvalue weighted by atomic mass is 16.3. The summed E-state index contributed by atoms with van der Waals surface area (Å²) in [5, 5.41) is 19.3. The summed E-state index contributed by atoms with van der Waals surface area (Å²) in [4.78, 5) is 16.5. The van der Waals surface area contributed by atoms with Crippen molar-refractivity contribution in [2.75, 3.05) is 11.9 Å². The molecule has 2 aromatic heterocycles. The van der Waals surface area contributed by atoms with Crippen LogP contribution in [0.25, 0.3) is 0 Å². The van der Waals surface area contributed by atoms with Crippen LogP contribution >= 0.6 is 0 Å². The van der Waals surface area contributed by atoms with E-state index in [1.165, 1.54) is 0 Å². The van der Waals surface area contributed by atoms with Gasteiger partial charge in [0.2, 0.25) is 0 Å². The fourth-order valence-corrected chi connectivity index (χ4v) is 3.04. The van der Waals surface area contributed by atoms with Gasteiger partial charge in [0.1, 0.15) is 5.82 Å². The minimum absolute atomic E-state index is 0.167. The van der Waals surface area contributed by atoms with Crippen LogP contribution in [0.3, 0.4) is 0 Å². The monoisotopic (exact) mass is 329 g/mol. The number of aliphatic hydroxyl groups is 1. The lowest BCUT2D eigenvalue weighted by atomic mass is 9.87. The molecule has 7 nitrogen and oxygen atoms in total. The Bertz CT molecular complexity index is 650. The summed E-state index contributed by atoms with van der Waals surface area (Å²) in [7, 11) is 0. The highest BCUT2D eigenvalue weighted by molar-refractivity contribution is 5.88. The van der Waals surface area contributed by atoms with Crippen molar-refractivity contribution in [1.82, 2.24) is 20.1 Å². The number of urea groups is 1. The van der Waals surface area contributed by atoms with Gasteiger partial charge in [-0.05, 0) is 43.7 Å². The molecule has 0 saturated heterocycles. The van der Waals surface area contributed by atoms with E-state index in [0.29, 0.717) is 18.3 Å². The molecule has 0 radical (unpaired) electrons. The Morgan fingerprint density at radius 2 is 2.04 bits per heavy atom. The normalized spacial score (nSPS) is 20.5. The van der Waals surface area contributed by atoms with Crippen LogP contribution in [0.4, 0.5) is 10.6 Å². The number of aromatic nitrogens is 3. The van der Waals surface area contributed by atoms with Crippen molar-refractivity contribution in [1.29, 1.82) is 0 Å².